The molecule has 0 aliphatic carbocycles. The van der Waals surface area contributed by atoms with Crippen molar-refractivity contribution in [3.8, 4) is 0 Å². The molecular weight excluding hydrogens is 178 g/mol. The van der Waals surface area contributed by atoms with Crippen LogP contribution < -0.4 is 0 Å². The zero-order chi connectivity index (χ0) is 10.6. The molecule has 0 radical (unpaired) electrons. The van der Waals surface area contributed by atoms with Crippen molar-refractivity contribution >= 4 is 0 Å². The van der Waals surface area contributed by atoms with Gasteiger partial charge in [0.1, 0.15) is 6.73 Å². The van der Waals surface area contributed by atoms with Gasteiger partial charge in [0.15, 0.2) is 0 Å². The van der Waals surface area contributed by atoms with Crippen molar-refractivity contribution in [1.29, 1.82) is 0 Å². The molecule has 0 aromatic heterocycles. The van der Waals surface area contributed by atoms with Crippen LogP contribution in [0.25, 0.3) is 0 Å². The normalized spacial score (nSPS) is 9.79. The molecule has 0 heterocycles. The predicted molar refractivity (Wildman–Crippen MR) is 58.8 cm³/mol. The first-order valence-electron chi connectivity index (χ1n) is 4.92. The Balaban J connectivity index is 3.12. The molecule has 82 valence electrons. The molecule has 0 amide bonds. The van der Waals surface area contributed by atoms with Gasteiger partial charge in [0, 0.05) is 20.3 Å². The summed E-state index contributed by atoms with van der Waals surface area (Å²) < 4.78 is 10.3. The molecule has 0 aliphatic rings. The molecule has 3 nitrogen and oxygen atoms in total. The van der Waals surface area contributed by atoms with Crippen LogP contribution in [0.5, 0.6) is 0 Å². The summed E-state index contributed by atoms with van der Waals surface area (Å²) in [4.78, 5) is 1.80. The summed E-state index contributed by atoms with van der Waals surface area (Å²) in [7, 11) is 1.72. The average molecular weight is 199 g/mol. The van der Waals surface area contributed by atoms with E-state index in [1.54, 1.807) is 24.4 Å². The lowest BCUT2D eigenvalue weighted by molar-refractivity contribution is 0.0714. The van der Waals surface area contributed by atoms with Crippen LogP contribution in [0.1, 0.15) is 19.3 Å². The quantitative estimate of drug-likeness (QED) is 0.398. The van der Waals surface area contributed by atoms with Crippen molar-refractivity contribution in [2.45, 2.75) is 19.3 Å². The minimum atomic E-state index is 0.539. The molecular formula is C11H21NO2. The first kappa shape index (κ1) is 13.2. The second-order valence-electron chi connectivity index (χ2n) is 2.97. The Morgan fingerprint density at radius 2 is 1.71 bits per heavy atom. The van der Waals surface area contributed by atoms with E-state index in [1.165, 1.54) is 0 Å². The average Bonchev–Trinajstić information content (AvgIpc) is 2.22. The lowest BCUT2D eigenvalue weighted by atomic mass is 10.2. The second-order valence-corrected chi connectivity index (χ2v) is 2.97. The molecule has 0 saturated carbocycles. The Kier molecular flexibility index (Phi) is 9.69. The first-order chi connectivity index (χ1) is 6.85. The minimum absolute atomic E-state index is 0.539. The van der Waals surface area contributed by atoms with Crippen molar-refractivity contribution in [2.75, 3.05) is 27.1 Å². The molecule has 0 fully saturated rings. The summed E-state index contributed by atoms with van der Waals surface area (Å²) in [5, 5.41) is 0. The number of unbranched alkanes of at least 4 members (excludes halogenated alkanes) is 2. The molecule has 0 aromatic rings. The maximum atomic E-state index is 5.40. The van der Waals surface area contributed by atoms with E-state index in [4.69, 9.17) is 9.47 Å². The standard InChI is InChI=1S/C11H21NO2/c1-4-12(5-2)11-14-10-8-6-7-9-13-3/h4-5H,1-2,6-11H2,3H3. The SMILES string of the molecule is C=CN(C=C)COCCCCCOC. The summed E-state index contributed by atoms with van der Waals surface area (Å²) >= 11 is 0. The Morgan fingerprint density at radius 1 is 1.07 bits per heavy atom. The fraction of sp³-hybridized carbons (Fsp3) is 0.636. The lowest BCUT2D eigenvalue weighted by Gasteiger charge is -2.13. The van der Waals surface area contributed by atoms with Crippen LogP contribution in [0.4, 0.5) is 0 Å². The molecule has 0 unspecified atom stereocenters. The molecule has 0 N–H and O–H groups in total. The van der Waals surface area contributed by atoms with Gasteiger partial charge in [-0.1, -0.05) is 13.2 Å². The molecule has 0 saturated heterocycles. The molecule has 3 heteroatoms. The highest BCUT2D eigenvalue weighted by Crippen LogP contribution is 1.97. The van der Waals surface area contributed by atoms with Crippen molar-refractivity contribution in [3.05, 3.63) is 25.6 Å². The summed E-state index contributed by atoms with van der Waals surface area (Å²) in [6, 6.07) is 0. The van der Waals surface area contributed by atoms with Crippen molar-refractivity contribution in [3.63, 3.8) is 0 Å². The van der Waals surface area contributed by atoms with Crippen LogP contribution in [0.2, 0.25) is 0 Å². The minimum Gasteiger partial charge on any atom is -0.385 e. The molecule has 0 aliphatic heterocycles. The topological polar surface area (TPSA) is 21.7 Å². The summed E-state index contributed by atoms with van der Waals surface area (Å²) in [5.74, 6) is 0. The molecule has 0 aromatic carbocycles. The van der Waals surface area contributed by atoms with Gasteiger partial charge >= 0.3 is 0 Å². The maximum Gasteiger partial charge on any atom is 0.122 e. The van der Waals surface area contributed by atoms with E-state index in [0.29, 0.717) is 6.73 Å². The van der Waals surface area contributed by atoms with E-state index in [9.17, 15) is 0 Å². The van der Waals surface area contributed by atoms with Gasteiger partial charge in [-0.2, -0.15) is 0 Å². The van der Waals surface area contributed by atoms with Gasteiger partial charge < -0.3 is 14.4 Å². The smallest absolute Gasteiger partial charge is 0.122 e. The van der Waals surface area contributed by atoms with Crippen LogP contribution in [0.15, 0.2) is 25.6 Å². The Bertz CT molecular complexity index is 140. The monoisotopic (exact) mass is 199 g/mol. The third kappa shape index (κ3) is 7.83. The Hall–Kier alpha value is -0.800. The summed E-state index contributed by atoms with van der Waals surface area (Å²) in [6.07, 6.45) is 6.71. The third-order valence-corrected chi connectivity index (χ3v) is 1.85. The molecule has 0 rings (SSSR count). The van der Waals surface area contributed by atoms with E-state index in [-0.39, 0.29) is 0 Å². The van der Waals surface area contributed by atoms with Gasteiger partial charge in [-0.3, -0.25) is 0 Å². The van der Waals surface area contributed by atoms with Crippen LogP contribution in [-0.4, -0.2) is 32.0 Å². The van der Waals surface area contributed by atoms with E-state index in [1.807, 2.05) is 0 Å². The number of hydrogen-bond acceptors (Lipinski definition) is 3. The van der Waals surface area contributed by atoms with Crippen LogP contribution in [0.3, 0.4) is 0 Å². The highest BCUT2D eigenvalue weighted by molar-refractivity contribution is 4.77. The molecule has 0 spiro atoms. The molecule has 0 bridgehead atoms. The second kappa shape index (κ2) is 10.3. The zero-order valence-electron chi connectivity index (χ0n) is 9.08. The van der Waals surface area contributed by atoms with Gasteiger partial charge in [-0.15, -0.1) is 0 Å². The number of methoxy groups -OCH3 is 1. The Morgan fingerprint density at radius 3 is 2.29 bits per heavy atom. The van der Waals surface area contributed by atoms with Crippen LogP contribution >= 0.6 is 0 Å². The van der Waals surface area contributed by atoms with E-state index < -0.39 is 0 Å². The number of rotatable bonds is 10. The molecule has 0 atom stereocenters. The number of ether oxygens (including phenoxy) is 2. The fourth-order valence-electron chi connectivity index (χ4n) is 0.977. The Labute approximate surface area is 87.0 Å². The van der Waals surface area contributed by atoms with Gasteiger partial charge in [0.2, 0.25) is 0 Å². The largest absolute Gasteiger partial charge is 0.385 e. The molecule has 14 heavy (non-hydrogen) atoms. The first-order valence-corrected chi connectivity index (χ1v) is 4.92. The maximum absolute atomic E-state index is 5.40. The van der Waals surface area contributed by atoms with E-state index in [2.05, 4.69) is 13.2 Å². The van der Waals surface area contributed by atoms with Crippen LogP contribution in [-0.2, 0) is 9.47 Å². The lowest BCUT2D eigenvalue weighted by Crippen LogP contribution is -2.14. The number of nitrogens with zero attached hydrogens (tertiary/aromatic N) is 1. The zero-order valence-corrected chi connectivity index (χ0v) is 9.08. The number of hydrogen-bond donors (Lipinski definition) is 0. The summed E-state index contributed by atoms with van der Waals surface area (Å²) in [6.45, 7) is 9.42. The summed E-state index contributed by atoms with van der Waals surface area (Å²) in [5.41, 5.74) is 0. The van der Waals surface area contributed by atoms with Crippen molar-refractivity contribution < 1.29 is 9.47 Å². The van der Waals surface area contributed by atoms with Gasteiger partial charge in [-0.05, 0) is 31.7 Å². The van der Waals surface area contributed by atoms with Gasteiger partial charge in [0.25, 0.3) is 0 Å². The van der Waals surface area contributed by atoms with E-state index >= 15 is 0 Å². The van der Waals surface area contributed by atoms with Gasteiger partial charge in [0.05, 0.1) is 0 Å². The third-order valence-electron chi connectivity index (χ3n) is 1.85. The van der Waals surface area contributed by atoms with Crippen molar-refractivity contribution in [2.24, 2.45) is 0 Å². The highest BCUT2D eigenvalue weighted by Gasteiger charge is 1.93. The highest BCUT2D eigenvalue weighted by atomic mass is 16.5. The van der Waals surface area contributed by atoms with Gasteiger partial charge in [-0.25, -0.2) is 0 Å². The predicted octanol–water partition coefficient (Wildman–Crippen LogP) is 2.37. The van der Waals surface area contributed by atoms with Crippen LogP contribution in [0, 0.1) is 0 Å². The fourth-order valence-corrected chi connectivity index (χ4v) is 0.977. The van der Waals surface area contributed by atoms with E-state index in [0.717, 1.165) is 32.5 Å². The van der Waals surface area contributed by atoms with Crippen molar-refractivity contribution in [1.82, 2.24) is 4.90 Å².